The molecular weight excluding hydrogens is 138 g/mol. The van der Waals surface area contributed by atoms with Gasteiger partial charge in [0.25, 0.3) is 0 Å². The predicted octanol–water partition coefficient (Wildman–Crippen LogP) is 0.592. The Morgan fingerprint density at radius 1 is 1.27 bits per heavy atom. The van der Waals surface area contributed by atoms with E-state index in [-0.39, 0.29) is 11.5 Å². The lowest BCUT2D eigenvalue weighted by Gasteiger charge is -2.20. The molecule has 2 aliphatic rings. The smallest absolute Gasteiger partial charge is 0.186 e. The van der Waals surface area contributed by atoms with Crippen LogP contribution in [0.3, 0.4) is 0 Å². The molecule has 0 aliphatic heterocycles. The zero-order valence-corrected chi connectivity index (χ0v) is 6.71. The summed E-state index contributed by atoms with van der Waals surface area (Å²) in [4.78, 5) is 4.34. The molecule has 0 spiro atoms. The molecule has 0 atom stereocenters. The zero-order valence-electron chi connectivity index (χ0n) is 6.71. The fraction of sp³-hybridized carbons (Fsp3) is 0.875. The van der Waals surface area contributed by atoms with Gasteiger partial charge in [-0.1, -0.05) is 0 Å². The number of fused-ring (bicyclic) bond motifs is 2. The fourth-order valence-corrected chi connectivity index (χ4v) is 2.59. The van der Waals surface area contributed by atoms with Gasteiger partial charge in [0.05, 0.1) is 5.54 Å². The largest absolute Gasteiger partial charge is 0.370 e. The van der Waals surface area contributed by atoms with Gasteiger partial charge in [-0.15, -0.1) is 0 Å². The second-order valence-corrected chi connectivity index (χ2v) is 3.91. The predicted molar refractivity (Wildman–Crippen MR) is 45.1 cm³/mol. The Morgan fingerprint density at radius 3 is 2.27 bits per heavy atom. The number of rotatable bonds is 1. The SMILES string of the molecule is NC(N)=NC12CCC(CC1)C2. The van der Waals surface area contributed by atoms with Crippen LogP contribution in [0.15, 0.2) is 4.99 Å². The third-order valence-electron chi connectivity index (χ3n) is 3.07. The summed E-state index contributed by atoms with van der Waals surface area (Å²) in [6.07, 6.45) is 6.30. The average Bonchev–Trinajstić information content (AvgIpc) is 2.43. The second kappa shape index (κ2) is 2.13. The molecule has 0 amide bonds. The average molecular weight is 153 g/mol. The van der Waals surface area contributed by atoms with Gasteiger partial charge in [0.15, 0.2) is 5.96 Å². The Balaban J connectivity index is 2.17. The first kappa shape index (κ1) is 6.95. The van der Waals surface area contributed by atoms with Crippen molar-refractivity contribution in [2.24, 2.45) is 22.4 Å². The minimum atomic E-state index is 0.170. The topological polar surface area (TPSA) is 64.4 Å². The van der Waals surface area contributed by atoms with Crippen molar-refractivity contribution in [3.63, 3.8) is 0 Å². The van der Waals surface area contributed by atoms with Crippen molar-refractivity contribution in [1.82, 2.24) is 0 Å². The zero-order chi connectivity index (χ0) is 7.90. The summed E-state index contributed by atoms with van der Waals surface area (Å²) in [5.74, 6) is 1.19. The molecule has 4 N–H and O–H groups in total. The fourth-order valence-electron chi connectivity index (χ4n) is 2.59. The van der Waals surface area contributed by atoms with E-state index < -0.39 is 0 Å². The van der Waals surface area contributed by atoms with E-state index in [0.29, 0.717) is 0 Å². The highest BCUT2D eigenvalue weighted by molar-refractivity contribution is 5.76. The van der Waals surface area contributed by atoms with Gasteiger partial charge < -0.3 is 11.5 Å². The molecule has 11 heavy (non-hydrogen) atoms. The monoisotopic (exact) mass is 153 g/mol. The maximum Gasteiger partial charge on any atom is 0.186 e. The van der Waals surface area contributed by atoms with Crippen LogP contribution in [0, 0.1) is 5.92 Å². The summed E-state index contributed by atoms with van der Waals surface area (Å²) < 4.78 is 0. The van der Waals surface area contributed by atoms with E-state index in [1.54, 1.807) is 0 Å². The summed E-state index contributed by atoms with van der Waals surface area (Å²) in [6, 6.07) is 0. The van der Waals surface area contributed by atoms with E-state index in [4.69, 9.17) is 11.5 Å². The highest BCUT2D eigenvalue weighted by atomic mass is 15.0. The molecule has 2 aliphatic carbocycles. The lowest BCUT2D eigenvalue weighted by Crippen LogP contribution is -2.30. The summed E-state index contributed by atoms with van der Waals surface area (Å²) in [7, 11) is 0. The molecule has 0 aromatic heterocycles. The number of hydrogen-bond donors (Lipinski definition) is 2. The van der Waals surface area contributed by atoms with E-state index in [1.807, 2.05) is 0 Å². The Hall–Kier alpha value is -0.730. The van der Waals surface area contributed by atoms with Gasteiger partial charge in [0, 0.05) is 0 Å². The number of nitrogens with zero attached hydrogens (tertiary/aromatic N) is 1. The summed E-state index contributed by atoms with van der Waals surface area (Å²) in [5, 5.41) is 0. The molecule has 0 heterocycles. The molecule has 0 aromatic rings. The molecule has 2 fully saturated rings. The van der Waals surface area contributed by atoms with Crippen molar-refractivity contribution < 1.29 is 0 Å². The van der Waals surface area contributed by atoms with Crippen molar-refractivity contribution in [2.45, 2.75) is 37.6 Å². The number of aliphatic imine (C=N–C) groups is 1. The quantitative estimate of drug-likeness (QED) is 0.428. The Kier molecular flexibility index (Phi) is 1.34. The minimum Gasteiger partial charge on any atom is -0.370 e. The highest BCUT2D eigenvalue weighted by Crippen LogP contribution is 2.49. The standard InChI is InChI=1S/C8H15N3/c9-7(10)11-8-3-1-6(5-8)2-4-8/h6H,1-5H2,(H4,9,10,11). The third kappa shape index (κ3) is 1.08. The maximum atomic E-state index is 5.38. The van der Waals surface area contributed by atoms with E-state index in [0.717, 1.165) is 5.92 Å². The lowest BCUT2D eigenvalue weighted by atomic mass is 9.95. The van der Waals surface area contributed by atoms with Crippen molar-refractivity contribution in [3.8, 4) is 0 Å². The van der Waals surface area contributed by atoms with Crippen LogP contribution in [0.4, 0.5) is 0 Å². The maximum absolute atomic E-state index is 5.38. The van der Waals surface area contributed by atoms with Gasteiger partial charge in [0.1, 0.15) is 0 Å². The van der Waals surface area contributed by atoms with E-state index in [2.05, 4.69) is 4.99 Å². The van der Waals surface area contributed by atoms with Gasteiger partial charge in [-0.3, -0.25) is 0 Å². The molecule has 0 radical (unpaired) electrons. The molecular formula is C8H15N3. The van der Waals surface area contributed by atoms with Crippen LogP contribution in [0.2, 0.25) is 0 Å². The number of hydrogen-bond acceptors (Lipinski definition) is 1. The molecule has 2 saturated carbocycles. The molecule has 62 valence electrons. The number of guanidine groups is 1. The first-order chi connectivity index (χ1) is 5.20. The highest BCUT2D eigenvalue weighted by Gasteiger charge is 2.44. The Bertz CT molecular complexity index is 186. The van der Waals surface area contributed by atoms with E-state index in [9.17, 15) is 0 Å². The van der Waals surface area contributed by atoms with Gasteiger partial charge in [-0.05, 0) is 38.0 Å². The van der Waals surface area contributed by atoms with Crippen LogP contribution in [0.5, 0.6) is 0 Å². The molecule has 3 heteroatoms. The third-order valence-corrected chi connectivity index (χ3v) is 3.07. The van der Waals surface area contributed by atoms with Crippen molar-refractivity contribution in [3.05, 3.63) is 0 Å². The van der Waals surface area contributed by atoms with Crippen LogP contribution in [-0.2, 0) is 0 Å². The molecule has 2 rings (SSSR count). The van der Waals surface area contributed by atoms with Crippen molar-refractivity contribution in [1.29, 1.82) is 0 Å². The Morgan fingerprint density at radius 2 is 1.91 bits per heavy atom. The molecule has 0 aromatic carbocycles. The van der Waals surface area contributed by atoms with E-state index in [1.165, 1.54) is 32.1 Å². The van der Waals surface area contributed by atoms with Gasteiger partial charge >= 0.3 is 0 Å². The Labute approximate surface area is 66.9 Å². The molecule has 2 bridgehead atoms. The van der Waals surface area contributed by atoms with E-state index >= 15 is 0 Å². The van der Waals surface area contributed by atoms with Crippen LogP contribution in [-0.4, -0.2) is 11.5 Å². The molecule has 0 saturated heterocycles. The van der Waals surface area contributed by atoms with Crippen LogP contribution in [0.1, 0.15) is 32.1 Å². The normalized spacial score (nSPS) is 40.9. The second-order valence-electron chi connectivity index (χ2n) is 3.91. The van der Waals surface area contributed by atoms with Gasteiger partial charge in [0.2, 0.25) is 0 Å². The summed E-state index contributed by atoms with van der Waals surface area (Å²) >= 11 is 0. The van der Waals surface area contributed by atoms with Crippen LogP contribution in [0.25, 0.3) is 0 Å². The van der Waals surface area contributed by atoms with Gasteiger partial charge in [-0.25, -0.2) is 4.99 Å². The number of nitrogens with two attached hydrogens (primary N) is 2. The summed E-state index contributed by atoms with van der Waals surface area (Å²) in [5.41, 5.74) is 10.9. The van der Waals surface area contributed by atoms with Crippen molar-refractivity contribution in [2.75, 3.05) is 0 Å². The first-order valence-electron chi connectivity index (χ1n) is 4.31. The molecule has 3 nitrogen and oxygen atoms in total. The molecule has 0 unspecified atom stereocenters. The van der Waals surface area contributed by atoms with Crippen LogP contribution < -0.4 is 11.5 Å². The van der Waals surface area contributed by atoms with Crippen LogP contribution >= 0.6 is 0 Å². The minimum absolute atomic E-state index is 0.170. The summed E-state index contributed by atoms with van der Waals surface area (Å²) in [6.45, 7) is 0. The van der Waals surface area contributed by atoms with Crippen molar-refractivity contribution >= 4 is 5.96 Å². The van der Waals surface area contributed by atoms with Gasteiger partial charge in [-0.2, -0.15) is 0 Å². The first-order valence-corrected chi connectivity index (χ1v) is 4.31. The lowest BCUT2D eigenvalue weighted by molar-refractivity contribution is 0.421.